The second kappa shape index (κ2) is 3.69. The molecule has 0 spiro atoms. The van der Waals surface area contributed by atoms with Crippen molar-refractivity contribution in [2.24, 2.45) is 5.73 Å². The molecule has 0 fully saturated rings. The number of halogens is 1. The maximum Gasteiger partial charge on any atom is 0.316 e. The van der Waals surface area contributed by atoms with Gasteiger partial charge in [0.1, 0.15) is 0 Å². The van der Waals surface area contributed by atoms with Crippen LogP contribution >= 0.6 is 0 Å². The third-order valence-corrected chi connectivity index (χ3v) is 1.42. The van der Waals surface area contributed by atoms with Gasteiger partial charge in [0.05, 0.1) is 16.7 Å². The van der Waals surface area contributed by atoms with Gasteiger partial charge in [-0.3, -0.25) is 10.1 Å². The SMILES string of the molecule is NC(=O)Nc1ccc([N+](=O)[O-])cc1F. The van der Waals surface area contributed by atoms with Crippen LogP contribution in [0.1, 0.15) is 0 Å². The van der Waals surface area contributed by atoms with E-state index in [0.717, 1.165) is 12.1 Å². The van der Waals surface area contributed by atoms with Gasteiger partial charge in [-0.15, -0.1) is 0 Å². The minimum atomic E-state index is -0.933. The summed E-state index contributed by atoms with van der Waals surface area (Å²) in [4.78, 5) is 19.8. The summed E-state index contributed by atoms with van der Waals surface area (Å²) in [6.07, 6.45) is 0. The summed E-state index contributed by atoms with van der Waals surface area (Å²) in [5, 5.41) is 12.2. The quantitative estimate of drug-likeness (QED) is 0.553. The molecular formula is C7H6FN3O3. The Balaban J connectivity index is 3.01. The fourth-order valence-corrected chi connectivity index (χ4v) is 0.852. The molecule has 6 nitrogen and oxygen atoms in total. The molecule has 3 N–H and O–H groups in total. The molecule has 2 amide bonds. The summed E-state index contributed by atoms with van der Waals surface area (Å²) >= 11 is 0. The summed E-state index contributed by atoms with van der Waals surface area (Å²) in [7, 11) is 0. The Labute approximate surface area is 77.7 Å². The molecule has 0 bridgehead atoms. The number of nitrogens with zero attached hydrogens (tertiary/aromatic N) is 1. The molecule has 0 unspecified atom stereocenters. The molecule has 74 valence electrons. The molecule has 1 aromatic carbocycles. The monoisotopic (exact) mass is 199 g/mol. The molecular weight excluding hydrogens is 193 g/mol. The predicted octanol–water partition coefficient (Wildman–Crippen LogP) is 1.22. The topological polar surface area (TPSA) is 98.3 Å². The summed E-state index contributed by atoms with van der Waals surface area (Å²) < 4.78 is 13.0. The van der Waals surface area contributed by atoms with E-state index in [-0.39, 0.29) is 5.69 Å². The summed E-state index contributed by atoms with van der Waals surface area (Å²) in [5.41, 5.74) is 4.16. The molecule has 0 aliphatic rings. The zero-order valence-corrected chi connectivity index (χ0v) is 6.86. The number of hydrogen-bond donors (Lipinski definition) is 2. The van der Waals surface area contributed by atoms with E-state index in [9.17, 15) is 19.3 Å². The number of amides is 2. The second-order valence-electron chi connectivity index (χ2n) is 2.41. The molecule has 0 aliphatic heterocycles. The van der Waals surface area contributed by atoms with Crippen molar-refractivity contribution in [3.8, 4) is 0 Å². The smallest absolute Gasteiger partial charge is 0.316 e. The minimum Gasteiger partial charge on any atom is -0.351 e. The van der Waals surface area contributed by atoms with Crippen molar-refractivity contribution >= 4 is 17.4 Å². The van der Waals surface area contributed by atoms with Crippen molar-refractivity contribution in [1.82, 2.24) is 0 Å². The largest absolute Gasteiger partial charge is 0.351 e. The van der Waals surface area contributed by atoms with Crippen LogP contribution in [0.3, 0.4) is 0 Å². The number of nitrogens with two attached hydrogens (primary N) is 1. The van der Waals surface area contributed by atoms with Gasteiger partial charge < -0.3 is 11.1 Å². The Hall–Kier alpha value is -2.18. The Kier molecular flexibility index (Phi) is 2.61. The number of non-ortho nitro benzene ring substituents is 1. The first-order chi connectivity index (χ1) is 6.50. The van der Waals surface area contributed by atoms with Crippen LogP contribution in [0.2, 0.25) is 0 Å². The van der Waals surface area contributed by atoms with Crippen molar-refractivity contribution < 1.29 is 14.1 Å². The van der Waals surface area contributed by atoms with Crippen LogP contribution in [0.15, 0.2) is 18.2 Å². The third kappa shape index (κ3) is 2.16. The highest BCUT2D eigenvalue weighted by Crippen LogP contribution is 2.19. The fraction of sp³-hybridized carbons (Fsp3) is 0. The van der Waals surface area contributed by atoms with Crippen molar-refractivity contribution in [3.63, 3.8) is 0 Å². The number of nitrogens with one attached hydrogen (secondary N) is 1. The lowest BCUT2D eigenvalue weighted by atomic mass is 10.2. The molecule has 7 heteroatoms. The van der Waals surface area contributed by atoms with Gasteiger partial charge in [-0.1, -0.05) is 0 Å². The van der Waals surface area contributed by atoms with Crippen LogP contribution in [0.5, 0.6) is 0 Å². The summed E-state index contributed by atoms with van der Waals surface area (Å²) in [6.45, 7) is 0. The number of hydrogen-bond acceptors (Lipinski definition) is 3. The van der Waals surface area contributed by atoms with Crippen molar-refractivity contribution in [2.75, 3.05) is 5.32 Å². The molecule has 0 aromatic heterocycles. The lowest BCUT2D eigenvalue weighted by Crippen LogP contribution is -2.20. The lowest BCUT2D eigenvalue weighted by Gasteiger charge is -2.01. The molecule has 0 atom stereocenters. The van der Waals surface area contributed by atoms with Gasteiger partial charge in [0, 0.05) is 6.07 Å². The van der Waals surface area contributed by atoms with Crippen LogP contribution in [-0.2, 0) is 0 Å². The molecule has 1 rings (SSSR count). The fourth-order valence-electron chi connectivity index (χ4n) is 0.852. The Bertz CT molecular complexity index is 394. The predicted molar refractivity (Wildman–Crippen MR) is 46.3 cm³/mol. The summed E-state index contributed by atoms with van der Waals surface area (Å²) in [5.74, 6) is -0.905. The normalized spacial score (nSPS) is 9.50. The molecule has 0 radical (unpaired) electrons. The van der Waals surface area contributed by atoms with Crippen LogP contribution < -0.4 is 11.1 Å². The van der Waals surface area contributed by atoms with E-state index in [4.69, 9.17) is 5.73 Å². The Morgan fingerprint density at radius 2 is 2.21 bits per heavy atom. The average Bonchev–Trinajstić information content (AvgIpc) is 2.07. The Morgan fingerprint density at radius 3 is 2.64 bits per heavy atom. The highest BCUT2D eigenvalue weighted by Gasteiger charge is 2.10. The molecule has 0 saturated heterocycles. The highest BCUT2D eigenvalue weighted by molar-refractivity contribution is 5.88. The molecule has 0 saturated carbocycles. The van der Waals surface area contributed by atoms with Gasteiger partial charge in [-0.05, 0) is 6.07 Å². The number of benzene rings is 1. The zero-order valence-electron chi connectivity index (χ0n) is 6.86. The van der Waals surface area contributed by atoms with E-state index in [1.165, 1.54) is 0 Å². The standard InChI is InChI=1S/C7H6FN3O3/c8-5-3-4(11(13)14)1-2-6(5)10-7(9)12/h1-3H,(H3,9,10,12). The van der Waals surface area contributed by atoms with Gasteiger partial charge >= 0.3 is 6.03 Å². The van der Waals surface area contributed by atoms with Crippen LogP contribution in [0.25, 0.3) is 0 Å². The van der Waals surface area contributed by atoms with Crippen LogP contribution in [0.4, 0.5) is 20.6 Å². The minimum absolute atomic E-state index is 0.192. The third-order valence-electron chi connectivity index (χ3n) is 1.42. The van der Waals surface area contributed by atoms with Crippen molar-refractivity contribution in [2.45, 2.75) is 0 Å². The van der Waals surface area contributed by atoms with Gasteiger partial charge in [0.15, 0.2) is 5.82 Å². The van der Waals surface area contributed by atoms with E-state index < -0.39 is 22.5 Å². The van der Waals surface area contributed by atoms with E-state index in [1.807, 2.05) is 5.32 Å². The molecule has 14 heavy (non-hydrogen) atoms. The molecule has 1 aromatic rings. The highest BCUT2D eigenvalue weighted by atomic mass is 19.1. The number of carbonyl (C=O) groups excluding carboxylic acids is 1. The maximum absolute atomic E-state index is 13.0. The first-order valence-corrected chi connectivity index (χ1v) is 3.51. The van der Waals surface area contributed by atoms with E-state index in [0.29, 0.717) is 6.07 Å². The van der Waals surface area contributed by atoms with Gasteiger partial charge in [0.25, 0.3) is 5.69 Å². The van der Waals surface area contributed by atoms with E-state index in [1.54, 1.807) is 0 Å². The number of primary amides is 1. The molecule has 0 heterocycles. The number of anilines is 1. The van der Waals surface area contributed by atoms with E-state index in [2.05, 4.69) is 0 Å². The summed E-state index contributed by atoms with van der Waals surface area (Å²) in [6, 6.07) is 1.90. The maximum atomic E-state index is 13.0. The molecule has 0 aliphatic carbocycles. The number of carbonyl (C=O) groups is 1. The van der Waals surface area contributed by atoms with Crippen molar-refractivity contribution in [3.05, 3.63) is 34.1 Å². The number of nitro benzene ring substituents is 1. The first-order valence-electron chi connectivity index (χ1n) is 3.51. The zero-order chi connectivity index (χ0) is 10.7. The van der Waals surface area contributed by atoms with Crippen molar-refractivity contribution in [1.29, 1.82) is 0 Å². The second-order valence-corrected chi connectivity index (χ2v) is 2.41. The van der Waals surface area contributed by atoms with Crippen LogP contribution in [0, 0.1) is 15.9 Å². The van der Waals surface area contributed by atoms with Gasteiger partial charge in [-0.25, -0.2) is 9.18 Å². The first kappa shape index (κ1) is 9.90. The van der Waals surface area contributed by atoms with E-state index >= 15 is 0 Å². The average molecular weight is 199 g/mol. The number of urea groups is 1. The van der Waals surface area contributed by atoms with Gasteiger partial charge in [0.2, 0.25) is 0 Å². The lowest BCUT2D eigenvalue weighted by molar-refractivity contribution is -0.385. The van der Waals surface area contributed by atoms with Crippen LogP contribution in [-0.4, -0.2) is 11.0 Å². The number of rotatable bonds is 2. The Morgan fingerprint density at radius 1 is 1.57 bits per heavy atom. The number of nitro groups is 1. The van der Waals surface area contributed by atoms with Gasteiger partial charge in [-0.2, -0.15) is 0 Å².